The number of aryl methyl sites for hydroxylation is 2. The van der Waals surface area contributed by atoms with Crippen molar-refractivity contribution in [3.63, 3.8) is 0 Å². The van der Waals surface area contributed by atoms with Crippen molar-refractivity contribution in [3.05, 3.63) is 70.8 Å². The summed E-state index contributed by atoms with van der Waals surface area (Å²) in [5, 5.41) is 11.5. The number of nitrogens with one attached hydrogen (secondary N) is 1. The molecule has 2 aromatic rings. The lowest BCUT2D eigenvalue weighted by Gasteiger charge is -2.15. The third-order valence-corrected chi connectivity index (χ3v) is 3.89. The lowest BCUT2D eigenvalue weighted by atomic mass is 9.98. The second kappa shape index (κ2) is 8.80. The molecule has 2 rings (SSSR count). The van der Waals surface area contributed by atoms with E-state index in [9.17, 15) is 19.5 Å². The van der Waals surface area contributed by atoms with Crippen LogP contribution in [-0.4, -0.2) is 29.0 Å². The fraction of sp³-hybridized carbons (Fsp3) is 0.250. The summed E-state index contributed by atoms with van der Waals surface area (Å²) in [4.78, 5) is 35.7. The zero-order valence-electron chi connectivity index (χ0n) is 14.7. The summed E-state index contributed by atoms with van der Waals surface area (Å²) in [6.45, 7) is 3.65. The number of benzene rings is 2. The molecule has 0 aliphatic rings. The lowest BCUT2D eigenvalue weighted by molar-refractivity contribution is -0.139. The molecule has 0 aliphatic heterocycles. The highest BCUT2D eigenvalue weighted by Crippen LogP contribution is 2.14. The Labute approximate surface area is 151 Å². The van der Waals surface area contributed by atoms with Gasteiger partial charge in [0.2, 0.25) is 0 Å². The molecule has 6 nitrogen and oxygen atoms in total. The zero-order chi connectivity index (χ0) is 19.1. The summed E-state index contributed by atoms with van der Waals surface area (Å²) in [5.41, 5.74) is 2.90. The molecule has 6 heteroatoms. The monoisotopic (exact) mass is 355 g/mol. The molecule has 0 spiro atoms. The average Bonchev–Trinajstić information content (AvgIpc) is 2.62. The van der Waals surface area contributed by atoms with Crippen LogP contribution in [0.25, 0.3) is 0 Å². The van der Waals surface area contributed by atoms with Crippen molar-refractivity contribution >= 4 is 17.8 Å². The average molecular weight is 355 g/mol. The Morgan fingerprint density at radius 1 is 1.08 bits per heavy atom. The molecule has 0 radical (unpaired) electrons. The number of alkyl carbamates (subject to hydrolysis) is 1. The topological polar surface area (TPSA) is 92.7 Å². The molecule has 2 aromatic carbocycles. The van der Waals surface area contributed by atoms with Crippen molar-refractivity contribution in [2.24, 2.45) is 0 Å². The SMILES string of the molecule is Cc1ccc(C)c(C(=O)CC(NC(=O)OCc2ccccc2)C(=O)O)c1. The predicted molar refractivity (Wildman–Crippen MR) is 96.1 cm³/mol. The minimum atomic E-state index is -1.36. The van der Waals surface area contributed by atoms with E-state index in [4.69, 9.17) is 4.74 Å². The standard InChI is InChI=1S/C20H21NO5/c1-13-8-9-14(2)16(10-13)18(22)11-17(19(23)24)21-20(25)26-12-15-6-4-3-5-7-15/h3-10,17H,11-12H2,1-2H3,(H,21,25)(H,23,24). The van der Waals surface area contributed by atoms with Crippen LogP contribution >= 0.6 is 0 Å². The lowest BCUT2D eigenvalue weighted by Crippen LogP contribution is -2.42. The fourth-order valence-electron chi connectivity index (χ4n) is 2.44. The molecule has 0 aromatic heterocycles. The van der Waals surface area contributed by atoms with Gasteiger partial charge in [-0.3, -0.25) is 4.79 Å². The maximum atomic E-state index is 12.4. The maximum Gasteiger partial charge on any atom is 0.408 e. The number of hydrogen-bond acceptors (Lipinski definition) is 4. The molecule has 1 atom stereocenters. The van der Waals surface area contributed by atoms with E-state index in [0.717, 1.165) is 16.7 Å². The van der Waals surface area contributed by atoms with Gasteiger partial charge in [0.05, 0.1) is 0 Å². The summed E-state index contributed by atoms with van der Waals surface area (Å²) >= 11 is 0. The largest absolute Gasteiger partial charge is 0.480 e. The van der Waals surface area contributed by atoms with Crippen LogP contribution in [0.2, 0.25) is 0 Å². The minimum Gasteiger partial charge on any atom is -0.480 e. The smallest absolute Gasteiger partial charge is 0.408 e. The quantitative estimate of drug-likeness (QED) is 0.744. The first-order chi connectivity index (χ1) is 12.4. The number of carboxylic acid groups (broad SMARTS) is 1. The molecule has 2 N–H and O–H groups in total. The molecule has 0 saturated carbocycles. The van der Waals surface area contributed by atoms with E-state index >= 15 is 0 Å². The predicted octanol–water partition coefficient (Wildman–Crippen LogP) is 3.26. The summed E-state index contributed by atoms with van der Waals surface area (Å²) in [6.07, 6.45) is -1.23. The fourth-order valence-corrected chi connectivity index (χ4v) is 2.44. The van der Waals surface area contributed by atoms with Crippen molar-refractivity contribution in [2.45, 2.75) is 32.9 Å². The molecule has 26 heavy (non-hydrogen) atoms. The van der Waals surface area contributed by atoms with Gasteiger partial charge in [-0.1, -0.05) is 48.0 Å². The van der Waals surface area contributed by atoms with Gasteiger partial charge in [0.15, 0.2) is 5.78 Å². The van der Waals surface area contributed by atoms with Crippen molar-refractivity contribution < 1.29 is 24.2 Å². The number of carbonyl (C=O) groups is 3. The summed E-state index contributed by atoms with van der Waals surface area (Å²) < 4.78 is 5.01. The van der Waals surface area contributed by atoms with Gasteiger partial charge in [-0.15, -0.1) is 0 Å². The van der Waals surface area contributed by atoms with Crippen molar-refractivity contribution in [3.8, 4) is 0 Å². The molecule has 0 saturated heterocycles. The first-order valence-corrected chi connectivity index (χ1v) is 8.17. The highest BCUT2D eigenvalue weighted by molar-refractivity contribution is 6.00. The molecule has 0 bridgehead atoms. The van der Waals surface area contributed by atoms with Crippen LogP contribution < -0.4 is 5.32 Å². The molecule has 0 heterocycles. The maximum absolute atomic E-state index is 12.4. The van der Waals surface area contributed by atoms with E-state index in [-0.39, 0.29) is 18.8 Å². The highest BCUT2D eigenvalue weighted by atomic mass is 16.5. The number of carboxylic acids is 1. The molecular weight excluding hydrogens is 334 g/mol. The molecular formula is C20H21NO5. The Bertz CT molecular complexity index is 801. The number of hydrogen-bond donors (Lipinski definition) is 2. The van der Waals surface area contributed by atoms with Gasteiger partial charge in [0.1, 0.15) is 12.6 Å². The van der Waals surface area contributed by atoms with Crippen molar-refractivity contribution in [1.29, 1.82) is 0 Å². The Hall–Kier alpha value is -3.15. The van der Waals surface area contributed by atoms with Crippen LogP contribution in [0.4, 0.5) is 4.79 Å². The van der Waals surface area contributed by atoms with Crippen molar-refractivity contribution in [1.82, 2.24) is 5.32 Å². The number of amides is 1. The second-order valence-electron chi connectivity index (χ2n) is 6.04. The first-order valence-electron chi connectivity index (χ1n) is 8.17. The van der Waals surface area contributed by atoms with Crippen LogP contribution in [-0.2, 0) is 16.1 Å². The molecule has 1 amide bonds. The minimum absolute atomic E-state index is 0.0178. The Balaban J connectivity index is 1.97. The Kier molecular flexibility index (Phi) is 6.49. The molecule has 0 aliphatic carbocycles. The summed E-state index contributed by atoms with van der Waals surface area (Å²) in [5.74, 6) is -1.64. The van der Waals surface area contributed by atoms with Crippen LogP contribution in [0, 0.1) is 13.8 Å². The Morgan fingerprint density at radius 3 is 2.42 bits per heavy atom. The summed E-state index contributed by atoms with van der Waals surface area (Å²) in [6, 6.07) is 13.1. The van der Waals surface area contributed by atoms with Gasteiger partial charge in [-0.05, 0) is 31.0 Å². The van der Waals surface area contributed by atoms with Gasteiger partial charge >= 0.3 is 12.1 Å². The second-order valence-corrected chi connectivity index (χ2v) is 6.04. The van der Waals surface area contributed by atoms with E-state index in [1.807, 2.05) is 19.1 Å². The van der Waals surface area contributed by atoms with Crippen molar-refractivity contribution in [2.75, 3.05) is 0 Å². The van der Waals surface area contributed by atoms with E-state index in [1.165, 1.54) is 0 Å². The number of Topliss-reactive ketones (excluding diaryl/α,β-unsaturated/α-hetero) is 1. The van der Waals surface area contributed by atoms with Crippen LogP contribution in [0.5, 0.6) is 0 Å². The van der Waals surface area contributed by atoms with Gasteiger partial charge in [-0.25, -0.2) is 9.59 Å². The number of aliphatic carboxylic acids is 1. The van der Waals surface area contributed by atoms with Gasteiger partial charge in [0, 0.05) is 12.0 Å². The molecule has 0 fully saturated rings. The zero-order valence-corrected chi connectivity index (χ0v) is 14.7. The third-order valence-electron chi connectivity index (χ3n) is 3.89. The normalized spacial score (nSPS) is 11.5. The number of ether oxygens (including phenoxy) is 1. The van der Waals surface area contributed by atoms with E-state index in [1.54, 1.807) is 43.3 Å². The van der Waals surface area contributed by atoms with E-state index in [0.29, 0.717) is 5.56 Å². The van der Waals surface area contributed by atoms with Crippen LogP contribution in [0.15, 0.2) is 48.5 Å². The van der Waals surface area contributed by atoms with Gasteiger partial charge in [-0.2, -0.15) is 0 Å². The third kappa shape index (κ3) is 5.44. The summed E-state index contributed by atoms with van der Waals surface area (Å²) in [7, 11) is 0. The molecule has 1 unspecified atom stereocenters. The van der Waals surface area contributed by atoms with Crippen LogP contribution in [0.3, 0.4) is 0 Å². The first kappa shape index (κ1) is 19.2. The highest BCUT2D eigenvalue weighted by Gasteiger charge is 2.25. The van der Waals surface area contributed by atoms with Gasteiger partial charge < -0.3 is 15.2 Å². The van der Waals surface area contributed by atoms with Gasteiger partial charge in [0.25, 0.3) is 0 Å². The molecule has 136 valence electrons. The van der Waals surface area contributed by atoms with E-state index < -0.39 is 18.1 Å². The number of rotatable bonds is 7. The number of carbonyl (C=O) groups excluding carboxylic acids is 2. The van der Waals surface area contributed by atoms with E-state index in [2.05, 4.69) is 5.32 Å². The number of ketones is 1. The Morgan fingerprint density at radius 2 is 1.77 bits per heavy atom. The van der Waals surface area contributed by atoms with Crippen LogP contribution in [0.1, 0.15) is 33.5 Å².